The number of aliphatic carboxylic acids is 1. The topological polar surface area (TPSA) is 104 Å². The smallest absolute Gasteiger partial charge is 0.307 e. The second kappa shape index (κ2) is 8.89. The number of tetrazole rings is 1. The molecule has 1 fully saturated rings. The summed E-state index contributed by atoms with van der Waals surface area (Å²) in [5, 5.41) is 27.3. The van der Waals surface area contributed by atoms with Crippen LogP contribution in [-0.4, -0.2) is 44.8 Å². The van der Waals surface area contributed by atoms with Crippen molar-refractivity contribution >= 4 is 5.97 Å². The van der Waals surface area contributed by atoms with Gasteiger partial charge in [-0.05, 0) is 55.8 Å². The van der Waals surface area contributed by atoms with Gasteiger partial charge in [0.1, 0.15) is 0 Å². The molecular formula is C19H27N5O2. The Balaban J connectivity index is 1.77. The SMILES string of the molecule is CCC[C@H](C(=O)O)[C@H](Cc1ccc(C2CCNCC2)cc1)c1nn[nH]n1. The lowest BCUT2D eigenvalue weighted by molar-refractivity contribution is -0.142. The standard InChI is InChI=1S/C19H27N5O2/c1-2-3-16(19(25)26)17(18-21-23-24-22-18)12-13-4-6-14(7-5-13)15-8-10-20-11-9-15/h4-7,15-17,20H,2-3,8-12H2,1H3,(H,25,26)(H,21,22,23,24)/t16-,17-/m0/s1. The molecule has 0 aliphatic carbocycles. The van der Waals surface area contributed by atoms with Crippen LogP contribution in [0.4, 0.5) is 0 Å². The van der Waals surface area contributed by atoms with Crippen LogP contribution >= 0.6 is 0 Å². The van der Waals surface area contributed by atoms with Crippen LogP contribution in [-0.2, 0) is 11.2 Å². The molecule has 1 saturated heterocycles. The number of carboxylic acid groups (broad SMARTS) is 1. The molecule has 0 unspecified atom stereocenters. The molecule has 1 aromatic carbocycles. The summed E-state index contributed by atoms with van der Waals surface area (Å²) in [7, 11) is 0. The van der Waals surface area contributed by atoms with Gasteiger partial charge in [0, 0.05) is 5.92 Å². The van der Waals surface area contributed by atoms with Crippen LogP contribution in [0.1, 0.15) is 61.4 Å². The minimum atomic E-state index is -0.798. The van der Waals surface area contributed by atoms with Crippen molar-refractivity contribution in [2.24, 2.45) is 5.92 Å². The second-order valence-corrected chi connectivity index (χ2v) is 7.08. The molecule has 0 bridgehead atoms. The maximum absolute atomic E-state index is 11.8. The van der Waals surface area contributed by atoms with Crippen LogP contribution < -0.4 is 5.32 Å². The molecule has 0 radical (unpaired) electrons. The van der Waals surface area contributed by atoms with Crippen molar-refractivity contribution in [1.29, 1.82) is 0 Å². The number of carboxylic acids is 1. The number of nitrogens with one attached hydrogen (secondary N) is 2. The van der Waals surface area contributed by atoms with Gasteiger partial charge in [0.2, 0.25) is 0 Å². The summed E-state index contributed by atoms with van der Waals surface area (Å²) in [6.45, 7) is 4.14. The number of carbonyl (C=O) groups is 1. The number of aromatic amines is 1. The summed E-state index contributed by atoms with van der Waals surface area (Å²) in [5.74, 6) is -0.496. The highest BCUT2D eigenvalue weighted by Crippen LogP contribution is 2.31. The third-order valence-corrected chi connectivity index (χ3v) is 5.34. The Morgan fingerprint density at radius 3 is 2.58 bits per heavy atom. The summed E-state index contributed by atoms with van der Waals surface area (Å²) < 4.78 is 0. The van der Waals surface area contributed by atoms with Crippen LogP contribution in [0.3, 0.4) is 0 Å². The van der Waals surface area contributed by atoms with E-state index in [1.54, 1.807) is 0 Å². The summed E-state index contributed by atoms with van der Waals surface area (Å²) in [5.41, 5.74) is 2.48. The average Bonchev–Trinajstić information content (AvgIpc) is 3.20. The number of H-pyrrole nitrogens is 1. The van der Waals surface area contributed by atoms with Gasteiger partial charge in [0.05, 0.1) is 5.92 Å². The monoisotopic (exact) mass is 357 g/mol. The summed E-state index contributed by atoms with van der Waals surface area (Å²) in [6, 6.07) is 8.62. The molecule has 1 aromatic heterocycles. The second-order valence-electron chi connectivity index (χ2n) is 7.08. The highest BCUT2D eigenvalue weighted by atomic mass is 16.4. The van der Waals surface area contributed by atoms with Gasteiger partial charge in [-0.3, -0.25) is 4.79 Å². The van der Waals surface area contributed by atoms with E-state index in [0.29, 0.717) is 24.6 Å². The molecule has 0 spiro atoms. The fraction of sp³-hybridized carbons (Fsp3) is 0.579. The Kier molecular flexibility index (Phi) is 6.33. The van der Waals surface area contributed by atoms with E-state index in [-0.39, 0.29) is 5.92 Å². The Hall–Kier alpha value is -2.28. The molecule has 2 atom stereocenters. The van der Waals surface area contributed by atoms with Crippen molar-refractivity contribution in [3.05, 3.63) is 41.2 Å². The predicted octanol–water partition coefficient (Wildman–Crippen LogP) is 2.49. The quantitative estimate of drug-likeness (QED) is 0.670. The third kappa shape index (κ3) is 4.46. The highest BCUT2D eigenvalue weighted by molar-refractivity contribution is 5.71. The first kappa shape index (κ1) is 18.5. The van der Waals surface area contributed by atoms with Crippen molar-refractivity contribution in [2.75, 3.05) is 13.1 Å². The fourth-order valence-electron chi connectivity index (χ4n) is 3.88. The highest BCUT2D eigenvalue weighted by Gasteiger charge is 2.32. The van der Waals surface area contributed by atoms with E-state index in [1.165, 1.54) is 18.4 Å². The van der Waals surface area contributed by atoms with Gasteiger partial charge in [-0.15, -0.1) is 10.2 Å². The maximum atomic E-state index is 11.8. The van der Waals surface area contributed by atoms with E-state index < -0.39 is 11.9 Å². The number of piperidine rings is 1. The molecule has 2 heterocycles. The third-order valence-electron chi connectivity index (χ3n) is 5.34. The molecule has 26 heavy (non-hydrogen) atoms. The minimum absolute atomic E-state index is 0.282. The normalized spacial score (nSPS) is 17.7. The van der Waals surface area contributed by atoms with Gasteiger partial charge < -0.3 is 10.4 Å². The summed E-state index contributed by atoms with van der Waals surface area (Å²) in [6.07, 6.45) is 4.34. The molecule has 0 amide bonds. The van der Waals surface area contributed by atoms with Crippen LogP contribution in [0.25, 0.3) is 0 Å². The van der Waals surface area contributed by atoms with E-state index in [0.717, 1.165) is 25.1 Å². The number of nitrogens with zero attached hydrogens (tertiary/aromatic N) is 3. The van der Waals surface area contributed by atoms with Crippen LogP contribution in [0, 0.1) is 5.92 Å². The largest absolute Gasteiger partial charge is 0.481 e. The summed E-state index contributed by atoms with van der Waals surface area (Å²) >= 11 is 0. The number of hydrogen-bond donors (Lipinski definition) is 3. The Morgan fingerprint density at radius 1 is 1.27 bits per heavy atom. The van der Waals surface area contributed by atoms with E-state index in [4.69, 9.17) is 0 Å². The number of hydrogen-bond acceptors (Lipinski definition) is 5. The molecule has 7 heteroatoms. The number of benzene rings is 1. The van der Waals surface area contributed by atoms with Crippen molar-refractivity contribution < 1.29 is 9.90 Å². The zero-order valence-corrected chi connectivity index (χ0v) is 15.2. The van der Waals surface area contributed by atoms with Crippen molar-refractivity contribution in [1.82, 2.24) is 25.9 Å². The fourth-order valence-corrected chi connectivity index (χ4v) is 3.88. The molecule has 2 aromatic rings. The molecule has 140 valence electrons. The van der Waals surface area contributed by atoms with Crippen LogP contribution in [0.15, 0.2) is 24.3 Å². The minimum Gasteiger partial charge on any atom is -0.481 e. The molecule has 1 aliphatic rings. The summed E-state index contributed by atoms with van der Waals surface area (Å²) in [4.78, 5) is 11.8. The molecule has 1 aliphatic heterocycles. The zero-order valence-electron chi connectivity index (χ0n) is 15.2. The van der Waals surface area contributed by atoms with E-state index in [9.17, 15) is 9.90 Å². The first-order chi connectivity index (χ1) is 12.7. The lowest BCUT2D eigenvalue weighted by Gasteiger charge is -2.24. The van der Waals surface area contributed by atoms with Crippen LogP contribution in [0.2, 0.25) is 0 Å². The number of aromatic nitrogens is 4. The molecule has 3 N–H and O–H groups in total. The van der Waals surface area contributed by atoms with E-state index in [2.05, 4.69) is 50.2 Å². The maximum Gasteiger partial charge on any atom is 0.307 e. The number of rotatable bonds is 8. The first-order valence-electron chi connectivity index (χ1n) is 9.44. The van der Waals surface area contributed by atoms with Crippen molar-refractivity contribution in [3.63, 3.8) is 0 Å². The Morgan fingerprint density at radius 2 is 2.00 bits per heavy atom. The van der Waals surface area contributed by atoms with Gasteiger partial charge in [-0.2, -0.15) is 5.21 Å². The first-order valence-corrected chi connectivity index (χ1v) is 9.44. The Labute approximate surface area is 153 Å². The van der Waals surface area contributed by atoms with Gasteiger partial charge in [-0.1, -0.05) is 42.8 Å². The molecular weight excluding hydrogens is 330 g/mol. The van der Waals surface area contributed by atoms with Crippen molar-refractivity contribution in [2.45, 2.75) is 50.9 Å². The lowest BCUT2D eigenvalue weighted by atomic mass is 9.82. The lowest BCUT2D eigenvalue weighted by Crippen LogP contribution is -2.26. The zero-order chi connectivity index (χ0) is 18.4. The van der Waals surface area contributed by atoms with Gasteiger partial charge in [-0.25, -0.2) is 0 Å². The van der Waals surface area contributed by atoms with Gasteiger partial charge >= 0.3 is 5.97 Å². The Bertz CT molecular complexity index is 680. The van der Waals surface area contributed by atoms with E-state index >= 15 is 0 Å². The van der Waals surface area contributed by atoms with Gasteiger partial charge in [0.15, 0.2) is 5.82 Å². The average molecular weight is 357 g/mol. The van der Waals surface area contributed by atoms with Gasteiger partial charge in [0.25, 0.3) is 0 Å². The molecule has 3 rings (SSSR count). The van der Waals surface area contributed by atoms with E-state index in [1.807, 2.05) is 6.92 Å². The molecule has 0 saturated carbocycles. The van der Waals surface area contributed by atoms with Crippen LogP contribution in [0.5, 0.6) is 0 Å². The predicted molar refractivity (Wildman–Crippen MR) is 97.9 cm³/mol. The van der Waals surface area contributed by atoms with Crippen molar-refractivity contribution in [3.8, 4) is 0 Å². The molecule has 7 nitrogen and oxygen atoms in total.